The molecule has 0 amide bonds. The van der Waals surface area contributed by atoms with Crippen molar-refractivity contribution in [2.24, 2.45) is 0 Å². The third-order valence-corrected chi connectivity index (χ3v) is 6.08. The number of ether oxygens (including phenoxy) is 1. The van der Waals surface area contributed by atoms with E-state index >= 15 is 0 Å². The standard InChI is InChI=1S/C23H16F2N4O2S/c1-30-14-9-7-12(8-10-14)16-11-15(20(24)25)17-18(26)19(32-23(17)27-16)22-29-28-21(31-22)13-5-3-2-4-6-13/h2-11,20H,26H2,1H3. The molecule has 32 heavy (non-hydrogen) atoms. The highest BCUT2D eigenvalue weighted by Crippen LogP contribution is 2.44. The Morgan fingerprint density at radius 2 is 1.69 bits per heavy atom. The molecule has 0 fully saturated rings. The van der Waals surface area contributed by atoms with Crippen LogP contribution in [0.5, 0.6) is 5.75 Å². The second-order valence-corrected chi connectivity index (χ2v) is 7.93. The van der Waals surface area contributed by atoms with Gasteiger partial charge in [0.1, 0.15) is 15.5 Å². The molecule has 0 bridgehead atoms. The molecule has 2 N–H and O–H groups in total. The lowest BCUT2D eigenvalue weighted by Crippen LogP contribution is -1.94. The van der Waals surface area contributed by atoms with Crippen molar-refractivity contribution in [3.05, 3.63) is 66.2 Å². The van der Waals surface area contributed by atoms with Crippen molar-refractivity contribution in [2.75, 3.05) is 12.8 Å². The third kappa shape index (κ3) is 3.46. The monoisotopic (exact) mass is 450 g/mol. The number of aromatic nitrogens is 3. The van der Waals surface area contributed by atoms with Gasteiger partial charge in [0.2, 0.25) is 5.89 Å². The summed E-state index contributed by atoms with van der Waals surface area (Å²) in [6.07, 6.45) is -2.73. The molecule has 0 aliphatic carbocycles. The van der Waals surface area contributed by atoms with Crippen LogP contribution in [0.4, 0.5) is 14.5 Å². The molecule has 2 aromatic carbocycles. The van der Waals surface area contributed by atoms with E-state index in [-0.39, 0.29) is 22.5 Å². The normalized spacial score (nSPS) is 11.4. The fourth-order valence-electron chi connectivity index (χ4n) is 3.40. The van der Waals surface area contributed by atoms with Crippen LogP contribution in [0.3, 0.4) is 0 Å². The van der Waals surface area contributed by atoms with Crippen LogP contribution in [-0.2, 0) is 0 Å². The Morgan fingerprint density at radius 3 is 2.38 bits per heavy atom. The smallest absolute Gasteiger partial charge is 0.264 e. The van der Waals surface area contributed by atoms with Crippen LogP contribution in [-0.4, -0.2) is 22.3 Å². The molecule has 0 aliphatic heterocycles. The molecule has 0 aliphatic rings. The van der Waals surface area contributed by atoms with Crippen molar-refractivity contribution in [3.63, 3.8) is 0 Å². The van der Waals surface area contributed by atoms with Crippen LogP contribution >= 0.6 is 11.3 Å². The van der Waals surface area contributed by atoms with Gasteiger partial charge in [-0.1, -0.05) is 18.2 Å². The molecular weight excluding hydrogens is 434 g/mol. The molecule has 3 heterocycles. The molecule has 0 radical (unpaired) electrons. The highest BCUT2D eigenvalue weighted by Gasteiger charge is 2.24. The number of benzene rings is 2. The number of nitrogen functional groups attached to an aromatic ring is 1. The lowest BCUT2D eigenvalue weighted by Gasteiger charge is -2.08. The molecule has 0 saturated heterocycles. The molecule has 160 valence electrons. The molecule has 6 nitrogen and oxygen atoms in total. The van der Waals surface area contributed by atoms with E-state index in [4.69, 9.17) is 14.9 Å². The first-order chi connectivity index (χ1) is 15.5. The number of methoxy groups -OCH3 is 1. The Balaban J connectivity index is 1.64. The predicted molar refractivity (Wildman–Crippen MR) is 120 cm³/mol. The third-order valence-electron chi connectivity index (χ3n) is 4.99. The summed E-state index contributed by atoms with van der Waals surface area (Å²) >= 11 is 1.14. The van der Waals surface area contributed by atoms with Crippen LogP contribution in [0.1, 0.15) is 12.0 Å². The number of anilines is 1. The lowest BCUT2D eigenvalue weighted by atomic mass is 10.1. The molecule has 5 rings (SSSR count). The van der Waals surface area contributed by atoms with E-state index in [9.17, 15) is 8.78 Å². The summed E-state index contributed by atoms with van der Waals surface area (Å²) < 4.78 is 38.9. The summed E-state index contributed by atoms with van der Waals surface area (Å²) in [5.41, 5.74) is 8.09. The Labute approximate surface area is 185 Å². The lowest BCUT2D eigenvalue weighted by molar-refractivity contribution is 0.153. The van der Waals surface area contributed by atoms with Gasteiger partial charge in [-0.05, 0) is 42.5 Å². The molecule has 0 saturated carbocycles. The second kappa shape index (κ2) is 8.01. The van der Waals surface area contributed by atoms with Gasteiger partial charge < -0.3 is 14.9 Å². The van der Waals surface area contributed by atoms with E-state index in [1.807, 2.05) is 30.3 Å². The summed E-state index contributed by atoms with van der Waals surface area (Å²) in [4.78, 5) is 5.38. The van der Waals surface area contributed by atoms with Crippen molar-refractivity contribution >= 4 is 27.2 Å². The maximum absolute atomic E-state index is 14.0. The summed E-state index contributed by atoms with van der Waals surface area (Å²) in [5, 5.41) is 8.35. The van der Waals surface area contributed by atoms with Crippen molar-refractivity contribution in [1.29, 1.82) is 0 Å². The highest BCUT2D eigenvalue weighted by molar-refractivity contribution is 7.22. The molecule has 0 spiro atoms. The average Bonchev–Trinajstić information content (AvgIpc) is 3.44. The maximum Gasteiger partial charge on any atom is 0.264 e. The number of fused-ring (bicyclic) bond motifs is 1. The largest absolute Gasteiger partial charge is 0.497 e. The Bertz CT molecular complexity index is 1400. The number of pyridine rings is 1. The van der Waals surface area contributed by atoms with Crippen LogP contribution < -0.4 is 10.5 Å². The minimum atomic E-state index is -2.73. The fourth-order valence-corrected chi connectivity index (χ4v) is 4.45. The Kier molecular flexibility index (Phi) is 5.02. The minimum Gasteiger partial charge on any atom is -0.497 e. The van der Waals surface area contributed by atoms with Gasteiger partial charge in [0.25, 0.3) is 12.3 Å². The SMILES string of the molecule is COc1ccc(-c2cc(C(F)F)c3c(N)c(-c4nnc(-c5ccccc5)o4)sc3n2)cc1. The van der Waals surface area contributed by atoms with Crippen LogP contribution in [0.15, 0.2) is 65.1 Å². The van der Waals surface area contributed by atoms with Gasteiger partial charge in [0.05, 0.1) is 18.5 Å². The maximum atomic E-state index is 14.0. The molecule has 0 unspecified atom stereocenters. The second-order valence-electron chi connectivity index (χ2n) is 6.93. The Hall–Kier alpha value is -3.85. The number of alkyl halides is 2. The molecule has 9 heteroatoms. The van der Waals surface area contributed by atoms with Crippen molar-refractivity contribution in [3.8, 4) is 39.2 Å². The zero-order chi connectivity index (χ0) is 22.2. The van der Waals surface area contributed by atoms with Gasteiger partial charge in [-0.3, -0.25) is 0 Å². The molecular formula is C23H16F2N4O2S. The van der Waals surface area contributed by atoms with E-state index in [1.165, 1.54) is 6.07 Å². The van der Waals surface area contributed by atoms with Gasteiger partial charge in [-0.25, -0.2) is 13.8 Å². The van der Waals surface area contributed by atoms with Crippen LogP contribution in [0, 0.1) is 0 Å². The van der Waals surface area contributed by atoms with E-state index in [2.05, 4.69) is 15.2 Å². The van der Waals surface area contributed by atoms with Crippen molar-refractivity contribution < 1.29 is 17.9 Å². The van der Waals surface area contributed by atoms with Gasteiger partial charge in [0, 0.05) is 22.1 Å². The number of nitrogens with zero attached hydrogens (tertiary/aromatic N) is 3. The number of thiophene rings is 1. The summed E-state index contributed by atoms with van der Waals surface area (Å²) in [6.45, 7) is 0. The van der Waals surface area contributed by atoms with E-state index in [0.717, 1.165) is 16.9 Å². The first-order valence-corrected chi connectivity index (χ1v) is 10.4. The van der Waals surface area contributed by atoms with Gasteiger partial charge in [-0.2, -0.15) is 0 Å². The number of halogens is 2. The van der Waals surface area contributed by atoms with E-state index in [1.54, 1.807) is 31.4 Å². The molecule has 3 aromatic heterocycles. The summed E-state index contributed by atoms with van der Waals surface area (Å²) in [7, 11) is 1.56. The first kappa shape index (κ1) is 20.1. The highest BCUT2D eigenvalue weighted by atomic mass is 32.1. The average molecular weight is 450 g/mol. The topological polar surface area (TPSA) is 87.1 Å². The molecule has 5 aromatic rings. The quantitative estimate of drug-likeness (QED) is 0.343. The number of nitrogens with two attached hydrogens (primary N) is 1. The van der Waals surface area contributed by atoms with Crippen molar-refractivity contribution in [2.45, 2.75) is 6.43 Å². The molecule has 0 atom stereocenters. The number of rotatable bonds is 5. The van der Waals surface area contributed by atoms with Crippen LogP contribution in [0.2, 0.25) is 0 Å². The van der Waals surface area contributed by atoms with E-state index in [0.29, 0.717) is 32.6 Å². The summed E-state index contributed by atoms with van der Waals surface area (Å²) in [6, 6.07) is 17.7. The summed E-state index contributed by atoms with van der Waals surface area (Å²) in [5.74, 6) is 1.14. The van der Waals surface area contributed by atoms with Crippen molar-refractivity contribution in [1.82, 2.24) is 15.2 Å². The zero-order valence-electron chi connectivity index (χ0n) is 16.8. The predicted octanol–water partition coefficient (Wildman–Crippen LogP) is 6.21. The van der Waals surface area contributed by atoms with Crippen LogP contribution in [0.25, 0.3) is 43.7 Å². The number of hydrogen-bond acceptors (Lipinski definition) is 7. The zero-order valence-corrected chi connectivity index (χ0v) is 17.6. The Morgan fingerprint density at radius 1 is 0.969 bits per heavy atom. The van der Waals surface area contributed by atoms with Gasteiger partial charge >= 0.3 is 0 Å². The fraction of sp³-hybridized carbons (Fsp3) is 0.0870. The number of hydrogen-bond donors (Lipinski definition) is 1. The van der Waals surface area contributed by atoms with E-state index < -0.39 is 6.43 Å². The minimum absolute atomic E-state index is 0.150. The van der Waals surface area contributed by atoms with Gasteiger partial charge in [0.15, 0.2) is 0 Å². The first-order valence-electron chi connectivity index (χ1n) is 9.60. The van der Waals surface area contributed by atoms with Gasteiger partial charge in [-0.15, -0.1) is 21.5 Å².